The first-order valence-electron chi connectivity index (χ1n) is 5.69. The molecule has 0 aliphatic rings. The Kier molecular flexibility index (Phi) is 6.66. The van der Waals surface area contributed by atoms with Crippen molar-refractivity contribution in [3.05, 3.63) is 0 Å². The fraction of sp³-hybridized carbons (Fsp3) is 0.818. The van der Waals surface area contributed by atoms with Crippen LogP contribution in [0.4, 0.5) is 8.78 Å². The van der Waals surface area contributed by atoms with Crippen LogP contribution in [0.3, 0.4) is 0 Å². The molecule has 17 heavy (non-hydrogen) atoms. The fourth-order valence-electron chi connectivity index (χ4n) is 1.39. The standard InChI is InChI=1S/C11H19F2N3O/c1-3-5-11(12,13)6-9(15)10(17)16-8(4-2)7-14/h8-9H,3-6,15H2,1-2H3,(H,16,17)/t8-,9-/m0/s1. The molecule has 0 aliphatic heterocycles. The third-order valence-corrected chi connectivity index (χ3v) is 2.35. The monoisotopic (exact) mass is 247 g/mol. The highest BCUT2D eigenvalue weighted by atomic mass is 19.3. The molecule has 4 nitrogen and oxygen atoms in total. The normalized spacial score (nSPS) is 14.8. The van der Waals surface area contributed by atoms with Gasteiger partial charge in [0, 0.05) is 12.8 Å². The average Bonchev–Trinajstić information content (AvgIpc) is 2.24. The number of halogens is 2. The highest BCUT2D eigenvalue weighted by Crippen LogP contribution is 2.25. The molecule has 0 unspecified atom stereocenters. The summed E-state index contributed by atoms with van der Waals surface area (Å²) in [5.41, 5.74) is 5.39. The van der Waals surface area contributed by atoms with Crippen molar-refractivity contribution >= 4 is 5.91 Å². The van der Waals surface area contributed by atoms with E-state index in [-0.39, 0.29) is 6.42 Å². The minimum atomic E-state index is -2.93. The van der Waals surface area contributed by atoms with Gasteiger partial charge >= 0.3 is 0 Å². The minimum Gasteiger partial charge on any atom is -0.339 e. The highest BCUT2D eigenvalue weighted by molar-refractivity contribution is 5.82. The van der Waals surface area contributed by atoms with E-state index < -0.39 is 30.3 Å². The molecule has 6 heteroatoms. The lowest BCUT2D eigenvalue weighted by Gasteiger charge is -2.20. The Balaban J connectivity index is 4.28. The van der Waals surface area contributed by atoms with Crippen LogP contribution >= 0.6 is 0 Å². The first kappa shape index (κ1) is 15.8. The molecule has 0 spiro atoms. The Morgan fingerprint density at radius 3 is 2.53 bits per heavy atom. The molecule has 0 aliphatic carbocycles. The average molecular weight is 247 g/mol. The van der Waals surface area contributed by atoms with E-state index in [9.17, 15) is 13.6 Å². The van der Waals surface area contributed by atoms with Crippen LogP contribution in [-0.4, -0.2) is 23.9 Å². The molecular weight excluding hydrogens is 228 g/mol. The molecule has 0 bridgehead atoms. The number of carbonyl (C=O) groups excluding carboxylic acids is 1. The highest BCUT2D eigenvalue weighted by Gasteiger charge is 2.33. The summed E-state index contributed by atoms with van der Waals surface area (Å²) in [6.07, 6.45) is -0.227. The second kappa shape index (κ2) is 7.17. The van der Waals surface area contributed by atoms with Gasteiger partial charge in [0.25, 0.3) is 0 Å². The van der Waals surface area contributed by atoms with Crippen molar-refractivity contribution in [2.75, 3.05) is 0 Å². The summed E-state index contributed by atoms with van der Waals surface area (Å²) in [7, 11) is 0. The predicted octanol–water partition coefficient (Wildman–Crippen LogP) is 1.56. The maximum atomic E-state index is 13.2. The van der Waals surface area contributed by atoms with Crippen LogP contribution in [0, 0.1) is 11.3 Å². The lowest BCUT2D eigenvalue weighted by Crippen LogP contribution is -2.47. The number of nitrogens with two attached hydrogens (primary N) is 1. The lowest BCUT2D eigenvalue weighted by molar-refractivity contribution is -0.125. The van der Waals surface area contributed by atoms with Gasteiger partial charge in [0.15, 0.2) is 0 Å². The van der Waals surface area contributed by atoms with Crippen molar-refractivity contribution in [2.45, 2.75) is 57.5 Å². The van der Waals surface area contributed by atoms with E-state index in [4.69, 9.17) is 11.0 Å². The van der Waals surface area contributed by atoms with Crippen LogP contribution < -0.4 is 11.1 Å². The zero-order valence-electron chi connectivity index (χ0n) is 10.2. The van der Waals surface area contributed by atoms with Gasteiger partial charge in [0.2, 0.25) is 11.8 Å². The summed E-state index contributed by atoms with van der Waals surface area (Å²) >= 11 is 0. The number of carbonyl (C=O) groups is 1. The van der Waals surface area contributed by atoms with Gasteiger partial charge in [-0.05, 0) is 6.42 Å². The summed E-state index contributed by atoms with van der Waals surface area (Å²) < 4.78 is 26.4. The summed E-state index contributed by atoms with van der Waals surface area (Å²) in [5.74, 6) is -3.63. The van der Waals surface area contributed by atoms with Gasteiger partial charge < -0.3 is 11.1 Å². The SMILES string of the molecule is CCCC(F)(F)C[C@H](N)C(=O)N[C@H](C#N)CC. The van der Waals surface area contributed by atoms with Gasteiger partial charge in [-0.3, -0.25) is 4.79 Å². The summed E-state index contributed by atoms with van der Waals surface area (Å²) in [5, 5.41) is 10.9. The molecule has 1 amide bonds. The van der Waals surface area contributed by atoms with Gasteiger partial charge in [-0.1, -0.05) is 20.3 Å². The molecule has 0 saturated carbocycles. The first-order chi connectivity index (χ1) is 7.86. The zero-order chi connectivity index (χ0) is 13.5. The van der Waals surface area contributed by atoms with Gasteiger partial charge in [0.05, 0.1) is 12.1 Å². The molecule has 0 rings (SSSR count). The minimum absolute atomic E-state index is 0.288. The number of nitrogens with zero attached hydrogens (tertiary/aromatic N) is 1. The third-order valence-electron chi connectivity index (χ3n) is 2.35. The largest absolute Gasteiger partial charge is 0.339 e. The van der Waals surface area contributed by atoms with E-state index in [1.165, 1.54) is 0 Å². The van der Waals surface area contributed by atoms with Gasteiger partial charge in [-0.2, -0.15) is 5.26 Å². The van der Waals surface area contributed by atoms with Crippen LogP contribution in [0.5, 0.6) is 0 Å². The summed E-state index contributed by atoms with van der Waals surface area (Å²) in [4.78, 5) is 11.4. The molecule has 0 aromatic carbocycles. The number of nitriles is 1. The Hall–Kier alpha value is -1.22. The smallest absolute Gasteiger partial charge is 0.250 e. The van der Waals surface area contributed by atoms with Gasteiger partial charge in [-0.15, -0.1) is 0 Å². The maximum Gasteiger partial charge on any atom is 0.250 e. The molecular formula is C11H19F2N3O. The Labute approximate surface area is 100 Å². The lowest BCUT2D eigenvalue weighted by atomic mass is 10.0. The maximum absolute atomic E-state index is 13.2. The topological polar surface area (TPSA) is 78.9 Å². The molecule has 2 atom stereocenters. The molecule has 0 aromatic rings. The van der Waals surface area contributed by atoms with Crippen molar-refractivity contribution in [2.24, 2.45) is 5.73 Å². The second-order valence-electron chi connectivity index (χ2n) is 4.02. The Morgan fingerprint density at radius 2 is 2.12 bits per heavy atom. The van der Waals surface area contributed by atoms with Crippen LogP contribution in [0.1, 0.15) is 39.5 Å². The second-order valence-corrected chi connectivity index (χ2v) is 4.02. The van der Waals surface area contributed by atoms with Crippen molar-refractivity contribution in [1.29, 1.82) is 5.26 Å². The Bertz CT molecular complexity index is 289. The molecule has 0 radical (unpaired) electrons. The van der Waals surface area contributed by atoms with E-state index in [1.807, 2.05) is 6.07 Å². The summed E-state index contributed by atoms with van der Waals surface area (Å²) in [6, 6.07) is -0.101. The van der Waals surface area contributed by atoms with Crippen molar-refractivity contribution in [3.8, 4) is 6.07 Å². The molecule has 3 N–H and O–H groups in total. The van der Waals surface area contributed by atoms with E-state index in [1.54, 1.807) is 13.8 Å². The summed E-state index contributed by atoms with van der Waals surface area (Å²) in [6.45, 7) is 3.35. The number of hydrogen-bond donors (Lipinski definition) is 2. The predicted molar refractivity (Wildman–Crippen MR) is 60.3 cm³/mol. The van der Waals surface area contributed by atoms with Gasteiger partial charge in [0.1, 0.15) is 6.04 Å². The molecule has 0 heterocycles. The molecule has 0 saturated heterocycles. The third kappa shape index (κ3) is 6.17. The van der Waals surface area contributed by atoms with Crippen LogP contribution in [-0.2, 0) is 4.79 Å². The number of alkyl halides is 2. The fourth-order valence-corrected chi connectivity index (χ4v) is 1.39. The van der Waals surface area contributed by atoms with Crippen molar-refractivity contribution in [3.63, 3.8) is 0 Å². The van der Waals surface area contributed by atoms with E-state index in [0.717, 1.165) is 0 Å². The van der Waals surface area contributed by atoms with Crippen molar-refractivity contribution < 1.29 is 13.6 Å². The van der Waals surface area contributed by atoms with Gasteiger partial charge in [-0.25, -0.2) is 8.78 Å². The quantitative estimate of drug-likeness (QED) is 0.716. The van der Waals surface area contributed by atoms with Crippen LogP contribution in [0.25, 0.3) is 0 Å². The van der Waals surface area contributed by atoms with E-state index in [0.29, 0.717) is 12.8 Å². The molecule has 0 aromatic heterocycles. The van der Waals surface area contributed by atoms with E-state index >= 15 is 0 Å². The van der Waals surface area contributed by atoms with Crippen molar-refractivity contribution in [1.82, 2.24) is 5.32 Å². The van der Waals surface area contributed by atoms with E-state index in [2.05, 4.69) is 5.32 Å². The first-order valence-corrected chi connectivity index (χ1v) is 5.69. The number of hydrogen-bond acceptors (Lipinski definition) is 3. The molecule has 98 valence electrons. The molecule has 0 fully saturated rings. The number of rotatable bonds is 7. The number of nitrogens with one attached hydrogen (secondary N) is 1. The van der Waals surface area contributed by atoms with Crippen LogP contribution in [0.2, 0.25) is 0 Å². The Morgan fingerprint density at radius 1 is 1.53 bits per heavy atom. The zero-order valence-corrected chi connectivity index (χ0v) is 10.2. The van der Waals surface area contributed by atoms with Crippen LogP contribution in [0.15, 0.2) is 0 Å². The number of amides is 1.